The van der Waals surface area contributed by atoms with E-state index >= 15 is 0 Å². The first-order chi connectivity index (χ1) is 11.4. The van der Waals surface area contributed by atoms with Gasteiger partial charge in [0.1, 0.15) is 0 Å². The summed E-state index contributed by atoms with van der Waals surface area (Å²) in [6, 6.07) is -0.324. The zero-order chi connectivity index (χ0) is 17.2. The van der Waals surface area contributed by atoms with Gasteiger partial charge in [0.2, 0.25) is 0 Å². The quantitative estimate of drug-likeness (QED) is 0.850. The van der Waals surface area contributed by atoms with Crippen LogP contribution < -0.4 is 5.32 Å². The Hall–Kier alpha value is -1.02. The summed E-state index contributed by atoms with van der Waals surface area (Å²) < 4.78 is 42.9. The molecule has 1 N–H and O–H groups in total. The number of halogens is 3. The molecule has 3 rings (SSSR count). The highest BCUT2D eigenvalue weighted by Gasteiger charge is 2.36. The van der Waals surface area contributed by atoms with Crippen molar-refractivity contribution >= 4 is 6.03 Å². The van der Waals surface area contributed by atoms with Gasteiger partial charge in [0.15, 0.2) is 0 Å². The lowest BCUT2D eigenvalue weighted by molar-refractivity contribution is -0.143. The van der Waals surface area contributed by atoms with Crippen LogP contribution in [-0.2, 0) is 4.74 Å². The number of ether oxygens (including phenoxy) is 1. The van der Waals surface area contributed by atoms with Crippen LogP contribution in [0.15, 0.2) is 0 Å². The third-order valence-electron chi connectivity index (χ3n) is 5.32. The fourth-order valence-corrected chi connectivity index (χ4v) is 4.06. The van der Waals surface area contributed by atoms with Crippen molar-refractivity contribution in [2.45, 2.75) is 50.4 Å². The number of hydrogen-bond donors (Lipinski definition) is 1. The molecule has 0 saturated carbocycles. The molecule has 3 aliphatic heterocycles. The highest BCUT2D eigenvalue weighted by molar-refractivity contribution is 5.74. The summed E-state index contributed by atoms with van der Waals surface area (Å²) in [5.74, 6) is 0.533. The van der Waals surface area contributed by atoms with Gasteiger partial charge in [-0.15, -0.1) is 0 Å². The van der Waals surface area contributed by atoms with E-state index in [9.17, 15) is 18.0 Å². The maximum absolute atomic E-state index is 12.4. The van der Waals surface area contributed by atoms with Gasteiger partial charge in [-0.3, -0.25) is 4.90 Å². The number of nitrogens with one attached hydrogen (secondary N) is 1. The summed E-state index contributed by atoms with van der Waals surface area (Å²) >= 11 is 0. The van der Waals surface area contributed by atoms with Crippen LogP contribution >= 0.6 is 0 Å². The first-order valence-corrected chi connectivity index (χ1v) is 8.87. The molecule has 2 amide bonds. The lowest BCUT2D eigenvalue weighted by atomic mass is 9.90. The van der Waals surface area contributed by atoms with E-state index in [1.807, 2.05) is 0 Å². The van der Waals surface area contributed by atoms with Crippen molar-refractivity contribution in [3.63, 3.8) is 0 Å². The molecule has 5 nitrogen and oxygen atoms in total. The van der Waals surface area contributed by atoms with Crippen LogP contribution in [0.5, 0.6) is 0 Å². The maximum atomic E-state index is 12.4. The highest BCUT2D eigenvalue weighted by Crippen LogP contribution is 2.29. The third-order valence-corrected chi connectivity index (χ3v) is 5.32. The second kappa shape index (κ2) is 7.47. The van der Waals surface area contributed by atoms with Gasteiger partial charge in [0.05, 0.1) is 12.6 Å². The summed E-state index contributed by atoms with van der Waals surface area (Å²) in [4.78, 5) is 15.5. The van der Waals surface area contributed by atoms with Crippen LogP contribution in [0.3, 0.4) is 0 Å². The minimum absolute atomic E-state index is 0.139. The lowest BCUT2D eigenvalue weighted by Gasteiger charge is -2.35. The smallest absolute Gasteiger partial charge is 0.378 e. The van der Waals surface area contributed by atoms with E-state index in [2.05, 4.69) is 5.32 Å². The average molecular weight is 349 g/mol. The van der Waals surface area contributed by atoms with Crippen molar-refractivity contribution in [2.75, 3.05) is 39.3 Å². The van der Waals surface area contributed by atoms with Crippen LogP contribution in [0.25, 0.3) is 0 Å². The molecule has 0 aromatic heterocycles. The molecule has 0 radical (unpaired) electrons. The number of nitrogens with zero attached hydrogens (tertiary/aromatic N) is 2. The normalized spacial score (nSPS) is 30.0. The van der Waals surface area contributed by atoms with E-state index in [-0.39, 0.29) is 18.6 Å². The first kappa shape index (κ1) is 17.8. The summed E-state index contributed by atoms with van der Waals surface area (Å²) in [5, 5.41) is 2.90. The summed E-state index contributed by atoms with van der Waals surface area (Å²) in [6.45, 7) is 2.02. The summed E-state index contributed by atoms with van der Waals surface area (Å²) in [7, 11) is 0. The zero-order valence-electron chi connectivity index (χ0n) is 13.9. The molecule has 3 aliphatic rings. The maximum Gasteiger partial charge on any atom is 0.401 e. The van der Waals surface area contributed by atoms with Gasteiger partial charge in [-0.05, 0) is 38.0 Å². The molecular weight excluding hydrogens is 323 g/mol. The van der Waals surface area contributed by atoms with Gasteiger partial charge in [-0.25, -0.2) is 4.79 Å². The van der Waals surface area contributed by atoms with Crippen molar-refractivity contribution in [1.82, 2.24) is 15.1 Å². The van der Waals surface area contributed by atoms with Crippen molar-refractivity contribution in [3.8, 4) is 0 Å². The predicted molar refractivity (Wildman–Crippen MR) is 82.7 cm³/mol. The van der Waals surface area contributed by atoms with Crippen LogP contribution in [-0.4, -0.2) is 73.5 Å². The Morgan fingerprint density at radius 1 is 1.12 bits per heavy atom. The van der Waals surface area contributed by atoms with Crippen molar-refractivity contribution in [1.29, 1.82) is 0 Å². The van der Waals surface area contributed by atoms with Crippen LogP contribution in [0, 0.1) is 5.92 Å². The SMILES string of the molecule is O=C(NC1CCN(CC(F)(F)F)C1)N1CCC(C2CCCO2)CC1. The van der Waals surface area contributed by atoms with Crippen molar-refractivity contribution in [3.05, 3.63) is 0 Å². The summed E-state index contributed by atoms with van der Waals surface area (Å²) in [6.07, 6.45) is 0.888. The van der Waals surface area contributed by atoms with Crippen LogP contribution in [0.1, 0.15) is 32.1 Å². The van der Waals surface area contributed by atoms with E-state index in [0.29, 0.717) is 38.1 Å². The number of urea groups is 1. The van der Waals surface area contributed by atoms with Gasteiger partial charge in [-0.2, -0.15) is 13.2 Å². The zero-order valence-corrected chi connectivity index (χ0v) is 13.9. The number of carbonyl (C=O) groups excluding carboxylic acids is 1. The van der Waals surface area contributed by atoms with Gasteiger partial charge in [0.25, 0.3) is 0 Å². The Bertz CT molecular complexity index is 433. The highest BCUT2D eigenvalue weighted by atomic mass is 19.4. The Morgan fingerprint density at radius 3 is 2.50 bits per heavy atom. The van der Waals surface area contributed by atoms with Crippen LogP contribution in [0.4, 0.5) is 18.0 Å². The van der Waals surface area contributed by atoms with Gasteiger partial charge >= 0.3 is 12.2 Å². The van der Waals surface area contributed by atoms with E-state index in [0.717, 1.165) is 32.3 Å². The largest absolute Gasteiger partial charge is 0.401 e. The van der Waals surface area contributed by atoms with E-state index in [4.69, 9.17) is 4.74 Å². The van der Waals surface area contributed by atoms with Crippen molar-refractivity contribution < 1.29 is 22.7 Å². The van der Waals surface area contributed by atoms with E-state index < -0.39 is 12.7 Å². The van der Waals surface area contributed by atoms with Gasteiger partial charge in [-0.1, -0.05) is 0 Å². The second-order valence-electron chi connectivity index (χ2n) is 7.16. The average Bonchev–Trinajstić information content (AvgIpc) is 3.18. The minimum Gasteiger partial charge on any atom is -0.378 e. The Morgan fingerprint density at radius 2 is 1.88 bits per heavy atom. The van der Waals surface area contributed by atoms with Gasteiger partial charge < -0.3 is 15.0 Å². The van der Waals surface area contributed by atoms with Crippen molar-refractivity contribution in [2.24, 2.45) is 5.92 Å². The number of likely N-dealkylation sites (tertiary alicyclic amines) is 2. The van der Waals surface area contributed by atoms with Gasteiger partial charge in [0, 0.05) is 38.8 Å². The molecule has 8 heteroatoms. The number of hydrogen-bond acceptors (Lipinski definition) is 3. The molecule has 0 aliphatic carbocycles. The fourth-order valence-electron chi connectivity index (χ4n) is 4.06. The molecule has 3 saturated heterocycles. The Labute approximate surface area is 140 Å². The molecule has 138 valence electrons. The molecule has 3 heterocycles. The molecule has 3 fully saturated rings. The predicted octanol–water partition coefficient (Wildman–Crippen LogP) is 2.22. The molecule has 2 atom stereocenters. The standard InChI is InChI=1S/C16H26F3N3O2/c17-16(18,19)11-21-6-5-13(10-21)20-15(23)22-7-3-12(4-8-22)14-2-1-9-24-14/h12-14H,1-11H2,(H,20,23). The number of amides is 2. The van der Waals surface area contributed by atoms with Crippen LogP contribution in [0.2, 0.25) is 0 Å². The third kappa shape index (κ3) is 4.75. The monoisotopic (exact) mass is 349 g/mol. The summed E-state index contributed by atoms with van der Waals surface area (Å²) in [5.41, 5.74) is 0. The van der Waals surface area contributed by atoms with E-state index in [1.165, 1.54) is 4.90 Å². The molecule has 0 bridgehead atoms. The number of rotatable bonds is 3. The second-order valence-corrected chi connectivity index (χ2v) is 7.16. The molecule has 0 spiro atoms. The molecule has 24 heavy (non-hydrogen) atoms. The lowest BCUT2D eigenvalue weighted by Crippen LogP contribution is -2.49. The molecule has 0 aromatic carbocycles. The number of piperidine rings is 1. The van der Waals surface area contributed by atoms with E-state index in [1.54, 1.807) is 4.90 Å². The fraction of sp³-hybridized carbons (Fsp3) is 0.938. The number of carbonyl (C=O) groups is 1. The molecule has 2 unspecified atom stereocenters. The molecule has 0 aromatic rings. The Balaban J connectivity index is 1.38. The first-order valence-electron chi connectivity index (χ1n) is 8.87. The molecular formula is C16H26F3N3O2. The number of alkyl halides is 3. The Kier molecular flexibility index (Phi) is 5.54. The topological polar surface area (TPSA) is 44.8 Å². The minimum atomic E-state index is -4.18.